The number of carbonyl (C=O) groups is 2. The summed E-state index contributed by atoms with van der Waals surface area (Å²) in [6, 6.07) is 2.99. The molecule has 0 radical (unpaired) electrons. The van der Waals surface area contributed by atoms with E-state index in [9.17, 15) is 19.8 Å². The van der Waals surface area contributed by atoms with Crippen LogP contribution in [0.25, 0.3) is 10.9 Å². The largest absolute Gasteiger partial charge is 0.506 e. The first-order chi connectivity index (χ1) is 11.4. The third kappa shape index (κ3) is 3.00. The zero-order chi connectivity index (χ0) is 17.4. The van der Waals surface area contributed by atoms with Gasteiger partial charge >= 0.3 is 5.97 Å². The summed E-state index contributed by atoms with van der Waals surface area (Å²) in [5, 5.41) is 19.8. The number of phenolic OH excluding ortho intramolecular Hbond substituents is 1. The molecule has 1 aromatic carbocycles. The second-order valence-corrected chi connectivity index (χ2v) is 7.65. The van der Waals surface area contributed by atoms with E-state index in [0.29, 0.717) is 22.2 Å². The summed E-state index contributed by atoms with van der Waals surface area (Å²) in [5.74, 6) is 0.737. The summed E-state index contributed by atoms with van der Waals surface area (Å²) < 4.78 is 1.58. The van der Waals surface area contributed by atoms with Crippen LogP contribution in [-0.4, -0.2) is 38.2 Å². The van der Waals surface area contributed by atoms with Crippen molar-refractivity contribution < 1.29 is 19.8 Å². The van der Waals surface area contributed by atoms with Gasteiger partial charge in [0.2, 0.25) is 5.91 Å². The fourth-order valence-electron chi connectivity index (χ4n) is 3.27. The fourth-order valence-corrected chi connectivity index (χ4v) is 4.54. The lowest BCUT2D eigenvalue weighted by Crippen LogP contribution is -2.26. The Kier molecular flexibility index (Phi) is 4.78. The van der Waals surface area contributed by atoms with Crippen molar-refractivity contribution in [3.8, 4) is 5.75 Å². The molecule has 0 saturated carbocycles. The molecule has 128 valence electrons. The van der Waals surface area contributed by atoms with Crippen LogP contribution >= 0.6 is 23.4 Å². The number of hydrogen-bond acceptors (Lipinski definition) is 4. The number of aromatic nitrogens is 1. The van der Waals surface area contributed by atoms with Gasteiger partial charge in [0.1, 0.15) is 5.75 Å². The molecule has 7 heteroatoms. The molecule has 5 nitrogen and oxygen atoms in total. The van der Waals surface area contributed by atoms with Gasteiger partial charge in [0.15, 0.2) is 0 Å². The van der Waals surface area contributed by atoms with Crippen molar-refractivity contribution in [3.05, 3.63) is 28.4 Å². The summed E-state index contributed by atoms with van der Waals surface area (Å²) in [4.78, 5) is 24.2. The quantitative estimate of drug-likeness (QED) is 0.864. The molecule has 0 unspecified atom stereocenters. The van der Waals surface area contributed by atoms with Crippen LogP contribution < -0.4 is 0 Å². The Morgan fingerprint density at radius 3 is 2.62 bits per heavy atom. The van der Waals surface area contributed by atoms with Crippen molar-refractivity contribution in [1.82, 2.24) is 4.57 Å². The van der Waals surface area contributed by atoms with Gasteiger partial charge in [0.05, 0.1) is 17.0 Å². The Balaban J connectivity index is 2.18. The van der Waals surface area contributed by atoms with Crippen LogP contribution in [-0.2, 0) is 11.2 Å². The number of benzene rings is 1. The van der Waals surface area contributed by atoms with Crippen molar-refractivity contribution in [2.24, 2.45) is 5.92 Å². The summed E-state index contributed by atoms with van der Waals surface area (Å²) in [5.41, 5.74) is 1.72. The second kappa shape index (κ2) is 6.69. The topological polar surface area (TPSA) is 79.5 Å². The van der Waals surface area contributed by atoms with E-state index >= 15 is 0 Å². The predicted molar refractivity (Wildman–Crippen MR) is 95.4 cm³/mol. The van der Waals surface area contributed by atoms with Gasteiger partial charge in [-0.25, -0.2) is 0 Å². The average Bonchev–Trinajstić information content (AvgIpc) is 2.80. The highest BCUT2D eigenvalue weighted by atomic mass is 35.5. The van der Waals surface area contributed by atoms with E-state index < -0.39 is 5.97 Å². The zero-order valence-corrected chi connectivity index (χ0v) is 14.8. The van der Waals surface area contributed by atoms with Crippen LogP contribution in [0.2, 0.25) is 5.02 Å². The van der Waals surface area contributed by atoms with Gasteiger partial charge in [0.25, 0.3) is 0 Å². The molecular weight excluding hydrogens is 350 g/mol. The molecule has 2 aromatic rings. The SMILES string of the molecule is Cc1c(CC(=O)O)c2cc(O)c(Cl)cc2n1C(=O)C1CCSCC1. The first-order valence-electron chi connectivity index (χ1n) is 7.76. The maximum absolute atomic E-state index is 13.0. The highest BCUT2D eigenvalue weighted by Crippen LogP contribution is 2.36. The van der Waals surface area contributed by atoms with Crippen molar-refractivity contribution in [2.45, 2.75) is 26.2 Å². The second-order valence-electron chi connectivity index (χ2n) is 6.02. The van der Waals surface area contributed by atoms with Gasteiger partial charge in [-0.3, -0.25) is 14.2 Å². The van der Waals surface area contributed by atoms with E-state index in [-0.39, 0.29) is 29.0 Å². The Morgan fingerprint density at radius 2 is 2.00 bits per heavy atom. The highest BCUT2D eigenvalue weighted by Gasteiger charge is 2.28. The monoisotopic (exact) mass is 367 g/mol. The van der Waals surface area contributed by atoms with E-state index in [1.807, 2.05) is 11.8 Å². The standard InChI is InChI=1S/C17H18ClNO4S/c1-9-11(7-16(21)22)12-6-15(20)13(18)8-14(12)19(9)17(23)10-2-4-24-5-3-10/h6,8,10,20H,2-5,7H2,1H3,(H,21,22). The molecular formula is C17H18ClNO4S. The summed E-state index contributed by atoms with van der Waals surface area (Å²) in [6.07, 6.45) is 1.44. The lowest BCUT2D eigenvalue weighted by molar-refractivity contribution is -0.136. The van der Waals surface area contributed by atoms with Gasteiger partial charge in [-0.15, -0.1) is 0 Å². The van der Waals surface area contributed by atoms with Crippen LogP contribution in [0.5, 0.6) is 5.75 Å². The Labute approximate surface area is 148 Å². The van der Waals surface area contributed by atoms with E-state index in [1.54, 1.807) is 17.6 Å². The number of fused-ring (bicyclic) bond motifs is 1. The molecule has 0 atom stereocenters. The van der Waals surface area contributed by atoms with Gasteiger partial charge in [-0.1, -0.05) is 11.6 Å². The van der Waals surface area contributed by atoms with Crippen molar-refractivity contribution in [1.29, 1.82) is 0 Å². The van der Waals surface area contributed by atoms with Crippen LogP contribution in [0, 0.1) is 12.8 Å². The van der Waals surface area contributed by atoms with E-state index in [4.69, 9.17) is 11.6 Å². The Morgan fingerprint density at radius 1 is 1.33 bits per heavy atom. The molecule has 1 aromatic heterocycles. The molecule has 1 aliphatic heterocycles. The summed E-state index contributed by atoms with van der Waals surface area (Å²) >= 11 is 7.87. The Bertz CT molecular complexity index is 824. The van der Waals surface area contributed by atoms with Crippen molar-refractivity contribution in [2.75, 3.05) is 11.5 Å². The zero-order valence-electron chi connectivity index (χ0n) is 13.2. The number of aromatic hydroxyl groups is 1. The third-order valence-corrected chi connectivity index (χ3v) is 5.87. The minimum absolute atomic E-state index is 0.0174. The number of phenols is 1. The number of carboxylic acids is 1. The minimum atomic E-state index is -0.979. The maximum atomic E-state index is 13.0. The number of aliphatic carboxylic acids is 1. The molecule has 24 heavy (non-hydrogen) atoms. The van der Waals surface area contributed by atoms with Crippen LogP contribution in [0.15, 0.2) is 12.1 Å². The van der Waals surface area contributed by atoms with Crippen LogP contribution in [0.4, 0.5) is 0 Å². The van der Waals surface area contributed by atoms with Crippen molar-refractivity contribution >= 4 is 46.1 Å². The Hall–Kier alpha value is -1.66. The maximum Gasteiger partial charge on any atom is 0.307 e. The first kappa shape index (κ1) is 17.2. The molecule has 0 aliphatic carbocycles. The normalized spacial score (nSPS) is 15.8. The molecule has 2 N–H and O–H groups in total. The van der Waals surface area contributed by atoms with Gasteiger partial charge < -0.3 is 10.2 Å². The molecule has 0 amide bonds. The number of carboxylic acid groups (broad SMARTS) is 1. The number of nitrogens with zero attached hydrogens (tertiary/aromatic N) is 1. The predicted octanol–water partition coefficient (Wildman–Crippen LogP) is 3.72. The van der Waals surface area contributed by atoms with Crippen molar-refractivity contribution in [3.63, 3.8) is 0 Å². The highest BCUT2D eigenvalue weighted by molar-refractivity contribution is 7.99. The molecule has 0 bridgehead atoms. The minimum Gasteiger partial charge on any atom is -0.506 e. The number of hydrogen-bond donors (Lipinski definition) is 2. The number of rotatable bonds is 3. The fraction of sp³-hybridized carbons (Fsp3) is 0.412. The molecule has 3 rings (SSSR count). The lowest BCUT2D eigenvalue weighted by Gasteiger charge is -2.21. The molecule has 1 saturated heterocycles. The molecule has 0 spiro atoms. The van der Waals surface area contributed by atoms with E-state index in [0.717, 1.165) is 24.3 Å². The van der Waals surface area contributed by atoms with E-state index in [2.05, 4.69) is 0 Å². The summed E-state index contributed by atoms with van der Waals surface area (Å²) in [6.45, 7) is 1.75. The van der Waals surface area contributed by atoms with Gasteiger partial charge in [0, 0.05) is 17.0 Å². The average molecular weight is 368 g/mol. The summed E-state index contributed by atoms with van der Waals surface area (Å²) in [7, 11) is 0. The molecule has 2 heterocycles. The van der Waals surface area contributed by atoms with Gasteiger partial charge in [-0.2, -0.15) is 11.8 Å². The smallest absolute Gasteiger partial charge is 0.307 e. The molecule has 1 fully saturated rings. The van der Waals surface area contributed by atoms with Crippen LogP contribution in [0.3, 0.4) is 0 Å². The number of halogens is 1. The first-order valence-corrected chi connectivity index (χ1v) is 9.29. The van der Waals surface area contributed by atoms with Gasteiger partial charge in [-0.05, 0) is 49.0 Å². The lowest BCUT2D eigenvalue weighted by atomic mass is 10.0. The number of carbonyl (C=O) groups excluding carboxylic acids is 1. The van der Waals surface area contributed by atoms with Crippen LogP contribution in [0.1, 0.15) is 28.9 Å². The number of thioether (sulfide) groups is 1. The molecule has 1 aliphatic rings. The third-order valence-electron chi connectivity index (χ3n) is 4.52. The van der Waals surface area contributed by atoms with E-state index in [1.165, 1.54) is 6.07 Å².